The minimum absolute atomic E-state index is 0.422. The van der Waals surface area contributed by atoms with Crippen LogP contribution in [-0.2, 0) is 0 Å². The van der Waals surface area contributed by atoms with Crippen molar-refractivity contribution in [1.82, 2.24) is 34.6 Å². The molecule has 3 aromatic rings. The van der Waals surface area contributed by atoms with E-state index in [1.54, 1.807) is 6.20 Å². The second-order valence-electron chi connectivity index (χ2n) is 8.82. The van der Waals surface area contributed by atoms with Gasteiger partial charge in [0.05, 0.1) is 5.69 Å². The Balaban J connectivity index is 1.23. The van der Waals surface area contributed by atoms with Crippen LogP contribution in [0.3, 0.4) is 0 Å². The number of hydrogen-bond donors (Lipinski definition) is 0. The number of likely N-dealkylation sites (tertiary alicyclic amines) is 2. The largest absolute Gasteiger partial charge is 0.303 e. The highest BCUT2D eigenvalue weighted by Crippen LogP contribution is 2.28. The van der Waals surface area contributed by atoms with Crippen molar-refractivity contribution < 1.29 is 0 Å². The Hall–Kier alpha value is -2.38. The molecule has 5 rings (SSSR count). The van der Waals surface area contributed by atoms with E-state index < -0.39 is 0 Å². The van der Waals surface area contributed by atoms with Crippen LogP contribution in [0.15, 0.2) is 36.7 Å². The van der Waals surface area contributed by atoms with E-state index in [1.807, 2.05) is 35.0 Å². The zero-order valence-corrected chi connectivity index (χ0v) is 17.8. The first-order valence-electron chi connectivity index (χ1n) is 11.3. The van der Waals surface area contributed by atoms with E-state index in [9.17, 15) is 0 Å². The molecule has 0 aromatic carbocycles. The van der Waals surface area contributed by atoms with Gasteiger partial charge in [0.25, 0.3) is 0 Å². The molecule has 7 heteroatoms. The van der Waals surface area contributed by atoms with E-state index in [2.05, 4.69) is 32.0 Å². The zero-order chi connectivity index (χ0) is 20.3. The number of piperidine rings is 2. The summed E-state index contributed by atoms with van der Waals surface area (Å²) in [5, 5.41) is 13.7. The number of hydrogen-bond acceptors (Lipinski definition) is 6. The molecule has 1 unspecified atom stereocenters. The monoisotopic (exact) mass is 405 g/mol. The van der Waals surface area contributed by atoms with Gasteiger partial charge in [0, 0.05) is 29.9 Å². The predicted molar refractivity (Wildman–Crippen MR) is 117 cm³/mol. The van der Waals surface area contributed by atoms with Crippen LogP contribution in [0.2, 0.25) is 0 Å². The molecule has 2 fully saturated rings. The summed E-state index contributed by atoms with van der Waals surface area (Å²) in [6.45, 7) is 4.75. The highest BCUT2D eigenvalue weighted by molar-refractivity contribution is 5.58. The van der Waals surface area contributed by atoms with Crippen molar-refractivity contribution >= 4 is 5.65 Å². The van der Waals surface area contributed by atoms with E-state index in [0.717, 1.165) is 54.7 Å². The smallest absolute Gasteiger partial charge is 0.177 e. The van der Waals surface area contributed by atoms with Crippen LogP contribution < -0.4 is 0 Å². The predicted octanol–water partition coefficient (Wildman–Crippen LogP) is 3.24. The zero-order valence-electron chi connectivity index (χ0n) is 17.8. The van der Waals surface area contributed by atoms with E-state index >= 15 is 0 Å². The topological polar surface area (TPSA) is 62.5 Å². The average molecular weight is 406 g/mol. The van der Waals surface area contributed by atoms with E-state index in [4.69, 9.17) is 5.10 Å². The number of fused-ring (bicyclic) bond motifs is 1. The van der Waals surface area contributed by atoms with E-state index in [-0.39, 0.29) is 0 Å². The van der Waals surface area contributed by atoms with Gasteiger partial charge in [-0.05, 0) is 89.6 Å². The molecule has 5 heterocycles. The standard InChI is InChI=1S/C23H31N7/c1-28-13-3-2-6-20(28)11-16-29-14-9-18(10-15-29)23-26-25-22-8-7-21(27-30(22)23)19-5-4-12-24-17-19/h4-5,7-8,12,17-18,20H,2-3,6,9-11,13-16H2,1H3. The molecular formula is C23H31N7. The van der Waals surface area contributed by atoms with E-state index in [0.29, 0.717) is 5.92 Å². The second-order valence-corrected chi connectivity index (χ2v) is 8.82. The molecule has 1 atom stereocenters. The summed E-state index contributed by atoms with van der Waals surface area (Å²) in [5.41, 5.74) is 2.74. The van der Waals surface area contributed by atoms with E-state index in [1.165, 1.54) is 38.8 Å². The summed E-state index contributed by atoms with van der Waals surface area (Å²) in [6.07, 6.45) is 11.3. The lowest BCUT2D eigenvalue weighted by Crippen LogP contribution is -2.41. The van der Waals surface area contributed by atoms with Gasteiger partial charge in [-0.3, -0.25) is 4.98 Å². The average Bonchev–Trinajstić information content (AvgIpc) is 3.23. The Labute approximate surface area is 178 Å². The summed E-state index contributed by atoms with van der Waals surface area (Å²) in [6, 6.07) is 8.74. The molecule has 0 aliphatic carbocycles. The van der Waals surface area contributed by atoms with Gasteiger partial charge in [0.2, 0.25) is 0 Å². The molecule has 0 bridgehead atoms. The molecule has 0 amide bonds. The highest BCUT2D eigenvalue weighted by atomic mass is 15.4. The number of rotatable bonds is 5. The maximum atomic E-state index is 4.84. The van der Waals surface area contributed by atoms with Crippen molar-refractivity contribution in [2.75, 3.05) is 33.2 Å². The van der Waals surface area contributed by atoms with Crippen molar-refractivity contribution in [2.24, 2.45) is 0 Å². The fourth-order valence-corrected chi connectivity index (χ4v) is 4.98. The maximum absolute atomic E-state index is 4.84. The van der Waals surface area contributed by atoms with Crippen LogP contribution in [0.4, 0.5) is 0 Å². The Morgan fingerprint density at radius 3 is 2.70 bits per heavy atom. The summed E-state index contributed by atoms with van der Waals surface area (Å²) in [7, 11) is 2.29. The fourth-order valence-electron chi connectivity index (χ4n) is 4.98. The summed E-state index contributed by atoms with van der Waals surface area (Å²) < 4.78 is 1.94. The molecule has 0 saturated carbocycles. The van der Waals surface area contributed by atoms with Gasteiger partial charge in [0.1, 0.15) is 0 Å². The molecule has 2 saturated heterocycles. The molecule has 158 valence electrons. The van der Waals surface area contributed by atoms with Crippen molar-refractivity contribution in [3.05, 3.63) is 42.5 Å². The molecule has 0 spiro atoms. The lowest BCUT2D eigenvalue weighted by molar-refractivity contribution is 0.141. The lowest BCUT2D eigenvalue weighted by atomic mass is 9.95. The Bertz CT molecular complexity index is 962. The van der Waals surface area contributed by atoms with Gasteiger partial charge in [-0.25, -0.2) is 0 Å². The Morgan fingerprint density at radius 2 is 1.90 bits per heavy atom. The van der Waals surface area contributed by atoms with Gasteiger partial charge in [0.15, 0.2) is 11.5 Å². The number of aromatic nitrogens is 5. The second kappa shape index (κ2) is 8.78. The van der Waals surface area contributed by atoms with Crippen molar-refractivity contribution in [1.29, 1.82) is 0 Å². The van der Waals surface area contributed by atoms with Gasteiger partial charge >= 0.3 is 0 Å². The Morgan fingerprint density at radius 1 is 1.00 bits per heavy atom. The van der Waals surface area contributed by atoms with Crippen molar-refractivity contribution in [2.45, 2.75) is 50.5 Å². The van der Waals surface area contributed by atoms with Crippen molar-refractivity contribution in [3.63, 3.8) is 0 Å². The fraction of sp³-hybridized carbons (Fsp3) is 0.565. The molecule has 30 heavy (non-hydrogen) atoms. The van der Waals surface area contributed by atoms with Crippen LogP contribution in [0, 0.1) is 0 Å². The summed E-state index contributed by atoms with van der Waals surface area (Å²) >= 11 is 0. The third kappa shape index (κ3) is 4.09. The van der Waals surface area contributed by atoms with Crippen LogP contribution in [0.1, 0.15) is 50.3 Å². The third-order valence-electron chi connectivity index (χ3n) is 6.90. The summed E-state index contributed by atoms with van der Waals surface area (Å²) in [5.74, 6) is 1.42. The highest BCUT2D eigenvalue weighted by Gasteiger charge is 2.26. The molecule has 0 radical (unpaired) electrons. The molecule has 0 N–H and O–H groups in total. The minimum atomic E-state index is 0.422. The quantitative estimate of drug-likeness (QED) is 0.649. The first kappa shape index (κ1) is 19.6. The van der Waals surface area contributed by atoms with Crippen LogP contribution in [0.5, 0.6) is 0 Å². The van der Waals surface area contributed by atoms with Gasteiger partial charge in [-0.1, -0.05) is 6.42 Å². The lowest BCUT2D eigenvalue weighted by Gasteiger charge is -2.36. The maximum Gasteiger partial charge on any atom is 0.177 e. The van der Waals surface area contributed by atoms with Gasteiger partial charge < -0.3 is 9.80 Å². The minimum Gasteiger partial charge on any atom is -0.303 e. The van der Waals surface area contributed by atoms with Crippen LogP contribution in [0.25, 0.3) is 16.9 Å². The van der Waals surface area contributed by atoms with Gasteiger partial charge in [-0.2, -0.15) is 9.61 Å². The first-order chi connectivity index (χ1) is 14.8. The van der Waals surface area contributed by atoms with Gasteiger partial charge in [-0.15, -0.1) is 10.2 Å². The summed E-state index contributed by atoms with van der Waals surface area (Å²) in [4.78, 5) is 9.41. The Kier molecular flexibility index (Phi) is 5.73. The third-order valence-corrected chi connectivity index (χ3v) is 6.90. The normalized spacial score (nSPS) is 22.0. The molecule has 2 aliphatic heterocycles. The molecule has 2 aliphatic rings. The van der Waals surface area contributed by atoms with Crippen molar-refractivity contribution in [3.8, 4) is 11.3 Å². The SMILES string of the molecule is CN1CCCCC1CCN1CCC(c2nnc3ccc(-c4cccnc4)nn23)CC1. The molecular weight excluding hydrogens is 374 g/mol. The number of nitrogens with zero attached hydrogens (tertiary/aromatic N) is 7. The van der Waals surface area contributed by atoms with Crippen LogP contribution >= 0.6 is 0 Å². The molecule has 3 aromatic heterocycles. The first-order valence-corrected chi connectivity index (χ1v) is 11.3. The number of pyridine rings is 1. The van der Waals surface area contributed by atoms with Crippen LogP contribution in [-0.4, -0.2) is 73.9 Å². The molecule has 7 nitrogen and oxygen atoms in total.